The SMILES string of the molecule is CCCCc1nc(C)c(CC(=O)N2CCCC(C(=O)OCC)C2)c(=O)n1Cc1ccc(-c2ccccc2-c2nnn[nH]2)cc1. The number of likely N-dealkylation sites (tertiary alicyclic amines) is 1. The molecular weight excluding hydrogens is 558 g/mol. The van der Waals surface area contributed by atoms with Gasteiger partial charge in [0, 0.05) is 36.3 Å². The maximum Gasteiger partial charge on any atom is 0.310 e. The number of aromatic amines is 1. The van der Waals surface area contributed by atoms with Crippen molar-refractivity contribution in [3.8, 4) is 22.5 Å². The lowest BCUT2D eigenvalue weighted by Gasteiger charge is -2.31. The average Bonchev–Trinajstić information content (AvgIpc) is 3.59. The molecule has 5 rings (SSSR count). The van der Waals surface area contributed by atoms with E-state index in [0.29, 0.717) is 56.2 Å². The molecule has 1 fully saturated rings. The van der Waals surface area contributed by atoms with Crippen LogP contribution in [0, 0.1) is 12.8 Å². The number of aryl methyl sites for hydroxylation is 2. The van der Waals surface area contributed by atoms with Crippen molar-refractivity contribution in [2.45, 2.75) is 65.8 Å². The first-order chi connectivity index (χ1) is 21.4. The number of carbonyl (C=O) groups is 2. The third-order valence-electron chi connectivity index (χ3n) is 8.16. The van der Waals surface area contributed by atoms with Crippen LogP contribution in [0.2, 0.25) is 0 Å². The van der Waals surface area contributed by atoms with Crippen LogP contribution in [0.15, 0.2) is 53.3 Å². The van der Waals surface area contributed by atoms with E-state index in [4.69, 9.17) is 9.72 Å². The maximum absolute atomic E-state index is 14.0. The van der Waals surface area contributed by atoms with Gasteiger partial charge in [-0.1, -0.05) is 61.9 Å². The van der Waals surface area contributed by atoms with Crippen LogP contribution >= 0.6 is 0 Å². The summed E-state index contributed by atoms with van der Waals surface area (Å²) in [6.07, 6.45) is 3.92. The highest BCUT2D eigenvalue weighted by molar-refractivity contribution is 5.81. The topological polar surface area (TPSA) is 136 Å². The smallest absolute Gasteiger partial charge is 0.310 e. The molecule has 2 aromatic carbocycles. The zero-order valence-corrected chi connectivity index (χ0v) is 25.6. The summed E-state index contributed by atoms with van der Waals surface area (Å²) in [7, 11) is 0. The Labute approximate surface area is 256 Å². The van der Waals surface area contributed by atoms with Crippen molar-refractivity contribution in [3.63, 3.8) is 0 Å². The van der Waals surface area contributed by atoms with Gasteiger partial charge in [-0.2, -0.15) is 0 Å². The van der Waals surface area contributed by atoms with Gasteiger partial charge in [-0.05, 0) is 60.2 Å². The zero-order valence-electron chi connectivity index (χ0n) is 25.6. The fourth-order valence-corrected chi connectivity index (χ4v) is 5.75. The summed E-state index contributed by atoms with van der Waals surface area (Å²) in [6.45, 7) is 7.22. The second kappa shape index (κ2) is 14.2. The molecule has 44 heavy (non-hydrogen) atoms. The lowest BCUT2D eigenvalue weighted by molar-refractivity contribution is -0.151. The number of amides is 1. The molecule has 11 heteroatoms. The number of aromatic nitrogens is 6. The Morgan fingerprint density at radius 1 is 1.07 bits per heavy atom. The number of nitrogens with zero attached hydrogens (tertiary/aromatic N) is 6. The van der Waals surface area contributed by atoms with E-state index < -0.39 is 0 Å². The first-order valence-corrected chi connectivity index (χ1v) is 15.4. The molecule has 2 aromatic heterocycles. The normalized spacial score (nSPS) is 14.9. The highest BCUT2D eigenvalue weighted by atomic mass is 16.5. The monoisotopic (exact) mass is 597 g/mol. The molecule has 0 radical (unpaired) electrons. The zero-order chi connectivity index (χ0) is 31.1. The molecule has 230 valence electrons. The summed E-state index contributed by atoms with van der Waals surface area (Å²) in [6, 6.07) is 16.0. The predicted octanol–water partition coefficient (Wildman–Crippen LogP) is 4.13. The Kier molecular flexibility index (Phi) is 9.93. The van der Waals surface area contributed by atoms with Crippen LogP contribution in [0.1, 0.15) is 62.2 Å². The minimum Gasteiger partial charge on any atom is -0.466 e. The summed E-state index contributed by atoms with van der Waals surface area (Å²) in [5.74, 6) is 0.541. The lowest BCUT2D eigenvalue weighted by Crippen LogP contribution is -2.44. The van der Waals surface area contributed by atoms with Crippen molar-refractivity contribution in [1.29, 1.82) is 0 Å². The molecule has 3 heterocycles. The molecule has 1 amide bonds. The van der Waals surface area contributed by atoms with Gasteiger partial charge in [-0.15, -0.1) is 5.10 Å². The number of piperidine rings is 1. The number of hydrogen-bond acceptors (Lipinski definition) is 8. The Morgan fingerprint density at radius 2 is 1.84 bits per heavy atom. The molecular formula is C33H39N7O4. The van der Waals surface area contributed by atoms with Crippen LogP contribution in [0.4, 0.5) is 0 Å². The second-order valence-electron chi connectivity index (χ2n) is 11.2. The summed E-state index contributed by atoms with van der Waals surface area (Å²) in [5, 5.41) is 14.3. The molecule has 0 bridgehead atoms. The highest BCUT2D eigenvalue weighted by Crippen LogP contribution is 2.30. The fraction of sp³-hybridized carbons (Fsp3) is 0.424. The van der Waals surface area contributed by atoms with Gasteiger partial charge < -0.3 is 9.64 Å². The van der Waals surface area contributed by atoms with Crippen molar-refractivity contribution in [2.75, 3.05) is 19.7 Å². The molecule has 1 atom stereocenters. The van der Waals surface area contributed by atoms with Crippen LogP contribution in [0.25, 0.3) is 22.5 Å². The third-order valence-corrected chi connectivity index (χ3v) is 8.16. The molecule has 1 N–H and O–H groups in total. The molecule has 1 saturated heterocycles. The number of hydrogen-bond donors (Lipinski definition) is 1. The van der Waals surface area contributed by atoms with Gasteiger partial charge in [0.15, 0.2) is 5.82 Å². The van der Waals surface area contributed by atoms with Crippen molar-refractivity contribution in [3.05, 3.63) is 81.5 Å². The number of carbonyl (C=O) groups excluding carboxylic acids is 2. The molecule has 1 unspecified atom stereocenters. The number of tetrazole rings is 1. The largest absolute Gasteiger partial charge is 0.466 e. The second-order valence-corrected chi connectivity index (χ2v) is 11.2. The van der Waals surface area contributed by atoms with Crippen LogP contribution in [-0.4, -0.2) is 66.6 Å². The minimum atomic E-state index is -0.331. The maximum atomic E-state index is 14.0. The Bertz CT molecular complexity index is 1650. The number of ether oxygens (including phenoxy) is 1. The molecule has 0 saturated carbocycles. The van der Waals surface area contributed by atoms with E-state index in [0.717, 1.165) is 47.3 Å². The quantitative estimate of drug-likeness (QED) is 0.255. The van der Waals surface area contributed by atoms with E-state index in [9.17, 15) is 14.4 Å². The Balaban J connectivity index is 1.39. The van der Waals surface area contributed by atoms with Gasteiger partial charge in [0.1, 0.15) is 5.82 Å². The standard InChI is InChI=1S/C33H39N7O4/c1-4-6-13-29-34-22(3)28(19-30(41)39-18-9-10-25(21-39)33(43)44-5-2)32(42)40(29)20-23-14-16-24(17-15-23)26-11-7-8-12-27(26)31-35-37-38-36-31/h7-8,11-12,14-17,25H,4-6,9-10,13,18-21H2,1-3H3,(H,35,36,37,38). The van der Waals surface area contributed by atoms with Crippen LogP contribution in [0.5, 0.6) is 0 Å². The first kappa shape index (κ1) is 30.8. The highest BCUT2D eigenvalue weighted by Gasteiger charge is 2.30. The van der Waals surface area contributed by atoms with E-state index in [1.54, 1.807) is 23.3 Å². The van der Waals surface area contributed by atoms with Gasteiger partial charge in [0.25, 0.3) is 5.56 Å². The van der Waals surface area contributed by atoms with Gasteiger partial charge >= 0.3 is 5.97 Å². The number of benzene rings is 2. The van der Waals surface area contributed by atoms with Crippen LogP contribution in [-0.2, 0) is 33.7 Å². The van der Waals surface area contributed by atoms with Gasteiger partial charge in [0.05, 0.1) is 25.5 Å². The summed E-state index contributed by atoms with van der Waals surface area (Å²) < 4.78 is 6.90. The molecule has 1 aliphatic rings. The third kappa shape index (κ3) is 6.93. The molecule has 11 nitrogen and oxygen atoms in total. The van der Waals surface area contributed by atoms with Gasteiger partial charge in [-0.25, -0.2) is 10.1 Å². The predicted molar refractivity (Wildman–Crippen MR) is 166 cm³/mol. The van der Waals surface area contributed by atoms with Crippen molar-refractivity contribution in [1.82, 2.24) is 35.1 Å². The fourth-order valence-electron chi connectivity index (χ4n) is 5.75. The number of H-pyrrole nitrogens is 1. The number of esters is 1. The molecule has 1 aliphatic heterocycles. The van der Waals surface area contributed by atoms with Crippen molar-refractivity contribution in [2.24, 2.45) is 5.92 Å². The minimum absolute atomic E-state index is 0.0481. The van der Waals surface area contributed by atoms with Crippen molar-refractivity contribution >= 4 is 11.9 Å². The average molecular weight is 598 g/mol. The van der Waals surface area contributed by atoms with Crippen LogP contribution in [0.3, 0.4) is 0 Å². The Morgan fingerprint density at radius 3 is 2.55 bits per heavy atom. The lowest BCUT2D eigenvalue weighted by atomic mass is 9.97. The summed E-state index contributed by atoms with van der Waals surface area (Å²) in [4.78, 5) is 46.2. The number of unbranched alkanes of at least 4 members (excludes halogenated alkanes) is 1. The van der Waals surface area contributed by atoms with Gasteiger partial charge in [-0.3, -0.25) is 19.0 Å². The number of rotatable bonds is 11. The van der Waals surface area contributed by atoms with E-state index in [1.807, 2.05) is 48.5 Å². The summed E-state index contributed by atoms with van der Waals surface area (Å²) in [5.41, 5.74) is 4.61. The molecule has 0 aliphatic carbocycles. The Hall–Kier alpha value is -4.67. The number of nitrogens with one attached hydrogen (secondary N) is 1. The van der Waals surface area contributed by atoms with Gasteiger partial charge in [0.2, 0.25) is 5.91 Å². The van der Waals surface area contributed by atoms with E-state index in [1.165, 1.54) is 0 Å². The molecule has 4 aromatic rings. The van der Waals surface area contributed by atoms with Crippen molar-refractivity contribution < 1.29 is 14.3 Å². The van der Waals surface area contributed by atoms with E-state index in [-0.39, 0.29) is 29.8 Å². The van der Waals surface area contributed by atoms with Crippen LogP contribution < -0.4 is 5.56 Å². The molecule has 0 spiro atoms. The van der Waals surface area contributed by atoms with E-state index >= 15 is 0 Å². The first-order valence-electron chi connectivity index (χ1n) is 15.4. The van der Waals surface area contributed by atoms with E-state index in [2.05, 4.69) is 27.5 Å². The summed E-state index contributed by atoms with van der Waals surface area (Å²) >= 11 is 0.